The average molecular weight is 1190 g/mol. The third-order valence-electron chi connectivity index (χ3n) is 16.3. The fraction of sp³-hybridized carbons (Fsp3) is 0.286. The van der Waals surface area contributed by atoms with E-state index in [0.717, 1.165) is 48.7 Å². The van der Waals surface area contributed by atoms with Gasteiger partial charge in [0.15, 0.2) is 0 Å². The lowest BCUT2D eigenvalue weighted by molar-refractivity contribution is 0.483. The molecule has 0 unspecified atom stereocenters. The lowest BCUT2D eigenvalue weighted by Crippen LogP contribution is -2.61. The van der Waals surface area contributed by atoms with E-state index in [2.05, 4.69) is 218 Å². The van der Waals surface area contributed by atoms with E-state index in [0.29, 0.717) is 0 Å². The van der Waals surface area contributed by atoms with Gasteiger partial charge in [-0.15, -0.1) is 0 Å². The van der Waals surface area contributed by atoms with Crippen LogP contribution in [0, 0.1) is 0 Å². The van der Waals surface area contributed by atoms with Crippen molar-refractivity contribution in [2.45, 2.75) is 164 Å². The highest BCUT2D eigenvalue weighted by molar-refractivity contribution is 7.00. The van der Waals surface area contributed by atoms with Crippen molar-refractivity contribution in [3.05, 3.63) is 263 Å². The topological polar surface area (TPSA) is 18.5 Å². The molecule has 0 fully saturated rings. The lowest BCUT2D eigenvalue weighted by atomic mass is 9.30. The Labute approximate surface area is 548 Å². The number of rotatable bonds is 0. The Kier molecular flexibility index (Phi) is 30.2. The predicted molar refractivity (Wildman–Crippen MR) is 408 cm³/mol. The van der Waals surface area contributed by atoms with E-state index in [4.69, 9.17) is 9.47 Å². The highest BCUT2D eigenvalue weighted by Gasteiger charge is 2.39. The van der Waals surface area contributed by atoms with Crippen LogP contribution in [0.4, 0.5) is 0 Å². The lowest BCUT2D eigenvalue weighted by Gasteiger charge is -2.33. The van der Waals surface area contributed by atoms with Crippen LogP contribution in [0.15, 0.2) is 218 Å². The van der Waals surface area contributed by atoms with Crippen molar-refractivity contribution < 1.29 is 9.47 Å². The van der Waals surface area contributed by atoms with Gasteiger partial charge in [0.25, 0.3) is 0 Å². The van der Waals surface area contributed by atoms with Gasteiger partial charge in [0.05, 0.1) is 0 Å². The summed E-state index contributed by atoms with van der Waals surface area (Å²) in [4.78, 5) is 0. The van der Waals surface area contributed by atoms with Gasteiger partial charge < -0.3 is 9.47 Å². The number of benzene rings is 10. The third kappa shape index (κ3) is 15.1. The summed E-state index contributed by atoms with van der Waals surface area (Å²) in [5.41, 5.74) is 27.5. The van der Waals surface area contributed by atoms with Crippen LogP contribution < -0.4 is 75.0 Å². The molecule has 10 aromatic rings. The Morgan fingerprint density at radius 2 is 0.467 bits per heavy atom. The SMILES string of the molecule is CC.CC.CC.CC.CC.CC.CC.CC.CC.CC.c1cc2cc(c1)B1c3ccccc3Cc3ccc(cc31)Oc1ccc3c(c1)B2c1ccccc1C3.c1cc2cc(c1)B1c3ccccc3Cc3cccc(c31)Oc1cccc3c1B2c1ccccc1C3. The molecule has 0 spiro atoms. The van der Waals surface area contributed by atoms with Gasteiger partial charge >= 0.3 is 0 Å². The van der Waals surface area contributed by atoms with Crippen molar-refractivity contribution in [2.24, 2.45) is 0 Å². The van der Waals surface area contributed by atoms with E-state index >= 15 is 0 Å². The molecule has 8 bridgehead atoms. The largest absolute Gasteiger partial charge is 0.458 e. The maximum absolute atomic E-state index is 6.93. The number of hydrogen-bond acceptors (Lipinski definition) is 2. The molecule has 0 atom stereocenters. The molecular formula is C84H104B4O2. The maximum atomic E-state index is 6.93. The second-order valence-corrected chi connectivity index (χ2v) is 20.2. The van der Waals surface area contributed by atoms with Crippen LogP contribution in [0.1, 0.15) is 183 Å². The van der Waals surface area contributed by atoms with Gasteiger partial charge in [0.2, 0.25) is 26.9 Å². The molecule has 0 N–H and O–H groups in total. The summed E-state index contributed by atoms with van der Waals surface area (Å²) in [6, 6.07) is 81.0. The minimum Gasteiger partial charge on any atom is -0.458 e. The second-order valence-electron chi connectivity index (χ2n) is 20.2. The van der Waals surface area contributed by atoms with E-state index in [1.54, 1.807) is 0 Å². The highest BCUT2D eigenvalue weighted by Crippen LogP contribution is 2.30. The van der Waals surface area contributed by atoms with Gasteiger partial charge in [-0.1, -0.05) is 375 Å². The first kappa shape index (κ1) is 72.8. The Hall–Kier alpha value is -7.94. The van der Waals surface area contributed by atoms with Crippen molar-refractivity contribution >= 4 is 92.4 Å². The Balaban J connectivity index is 0.000000257. The van der Waals surface area contributed by atoms with Crippen LogP contribution in [0.2, 0.25) is 0 Å². The monoisotopic (exact) mass is 1190 g/mol. The predicted octanol–water partition coefficient (Wildman–Crippen LogP) is 15.5. The van der Waals surface area contributed by atoms with Crippen molar-refractivity contribution in [1.82, 2.24) is 0 Å². The van der Waals surface area contributed by atoms with Gasteiger partial charge in [-0.05, 0) is 118 Å². The van der Waals surface area contributed by atoms with Crippen molar-refractivity contribution in [3.8, 4) is 23.0 Å². The minimum atomic E-state index is 0.162. The molecule has 0 aromatic heterocycles. The fourth-order valence-electron chi connectivity index (χ4n) is 13.3. The van der Waals surface area contributed by atoms with Crippen LogP contribution in [0.5, 0.6) is 23.0 Å². The Morgan fingerprint density at radius 3 is 0.800 bits per heavy atom. The van der Waals surface area contributed by atoms with E-state index < -0.39 is 0 Å². The van der Waals surface area contributed by atoms with Gasteiger partial charge in [0.1, 0.15) is 23.0 Å². The molecule has 0 aliphatic carbocycles. The summed E-state index contributed by atoms with van der Waals surface area (Å²) in [5, 5.41) is 0. The third-order valence-corrected chi connectivity index (χ3v) is 16.3. The fourth-order valence-corrected chi connectivity index (χ4v) is 13.3. The zero-order valence-electron chi connectivity index (χ0n) is 58.7. The molecule has 0 saturated carbocycles. The molecule has 0 amide bonds. The summed E-state index contributed by atoms with van der Waals surface area (Å²) in [5.74, 6) is 3.80. The van der Waals surface area contributed by atoms with Gasteiger partial charge in [-0.25, -0.2) is 0 Å². The number of fused-ring (bicyclic) bond motifs is 18. The molecule has 6 aliphatic rings. The first-order valence-corrected chi connectivity index (χ1v) is 35.0. The minimum absolute atomic E-state index is 0.162. The summed E-state index contributed by atoms with van der Waals surface area (Å²) in [7, 11) is 0. The summed E-state index contributed by atoms with van der Waals surface area (Å²) in [6.45, 7) is 40.7. The normalized spacial score (nSPS) is 11.7. The molecular weight excluding hydrogens is 1080 g/mol. The van der Waals surface area contributed by atoms with E-state index in [9.17, 15) is 0 Å². The molecule has 0 radical (unpaired) electrons. The summed E-state index contributed by atoms with van der Waals surface area (Å²) < 4.78 is 13.4. The first-order chi connectivity index (χ1) is 44.7. The quantitative estimate of drug-likeness (QED) is 0.141. The van der Waals surface area contributed by atoms with Crippen LogP contribution in [-0.2, 0) is 25.7 Å². The molecule has 2 nitrogen and oxygen atoms in total. The molecule has 16 rings (SSSR count). The Bertz CT molecular complexity index is 3570. The van der Waals surface area contributed by atoms with Crippen LogP contribution in [0.25, 0.3) is 0 Å². The molecule has 0 saturated heterocycles. The molecule has 90 heavy (non-hydrogen) atoms. The highest BCUT2D eigenvalue weighted by atomic mass is 16.5. The van der Waals surface area contributed by atoms with Crippen molar-refractivity contribution in [1.29, 1.82) is 0 Å². The average Bonchev–Trinajstić information content (AvgIpc) is 0.786. The number of hydrogen-bond donors (Lipinski definition) is 0. The molecule has 6 aliphatic heterocycles. The molecule has 6 heteroatoms. The maximum Gasteiger partial charge on any atom is 0.246 e. The van der Waals surface area contributed by atoms with Crippen LogP contribution in [-0.4, -0.2) is 26.9 Å². The molecule has 10 aromatic carbocycles. The standard InChI is InChI=1S/2C32H22B2O.10C2H6/c1-3-14-27-21(8-1)18-23-10-5-16-29-31(23)33(27)25-12-7-13-26(20-25)34-28-15-4-2-9-22(28)19-24-11-6-17-30(35-29)32(24)34;1-3-10-29-21(6-1)16-23-12-14-27-19-31(23)33(29)25-8-5-9-26(18-25)34-30-11-4-2-7-22(30)17-24-13-15-28(35-27)20-32(24)34;10*1-2/h1-17,20H,18-19H2;1-15,18-20H,16-17H2;10*1-2H3. The van der Waals surface area contributed by atoms with Gasteiger partial charge in [-0.2, -0.15) is 0 Å². The zero-order valence-corrected chi connectivity index (χ0v) is 58.7. The number of ether oxygens (including phenoxy) is 2. The zero-order chi connectivity index (χ0) is 65.9. The van der Waals surface area contributed by atoms with Crippen molar-refractivity contribution in [3.63, 3.8) is 0 Å². The van der Waals surface area contributed by atoms with E-state index in [1.165, 1.54) is 110 Å². The van der Waals surface area contributed by atoms with E-state index in [-0.39, 0.29) is 26.9 Å². The van der Waals surface area contributed by atoms with E-state index in [1.807, 2.05) is 138 Å². The first-order valence-electron chi connectivity index (χ1n) is 35.0. The van der Waals surface area contributed by atoms with Gasteiger partial charge in [-0.3, -0.25) is 0 Å². The second kappa shape index (κ2) is 37.3. The summed E-state index contributed by atoms with van der Waals surface area (Å²) in [6.07, 6.45) is 3.83. The van der Waals surface area contributed by atoms with Gasteiger partial charge in [0, 0.05) is 0 Å². The molecule has 6 heterocycles. The molecule has 464 valence electrons. The summed E-state index contributed by atoms with van der Waals surface area (Å²) >= 11 is 0. The Morgan fingerprint density at radius 1 is 0.211 bits per heavy atom. The smallest absolute Gasteiger partial charge is 0.246 e. The van der Waals surface area contributed by atoms with Crippen LogP contribution >= 0.6 is 0 Å². The van der Waals surface area contributed by atoms with Crippen LogP contribution in [0.3, 0.4) is 0 Å². The van der Waals surface area contributed by atoms with Crippen molar-refractivity contribution in [2.75, 3.05) is 0 Å².